The van der Waals surface area contributed by atoms with Gasteiger partial charge in [0.25, 0.3) is 5.69 Å². The molecule has 0 saturated heterocycles. The Morgan fingerprint density at radius 3 is 2.59 bits per heavy atom. The summed E-state index contributed by atoms with van der Waals surface area (Å²) in [6.45, 7) is -0.0588. The standard InChI is InChI=1S/C11H10N2O3S/c14-6-9-7-17-11(12-9)5-8-1-3-10(4-2-8)13(15)16/h1-4,7,14H,5-6H2. The Kier molecular flexibility index (Phi) is 3.46. The Morgan fingerprint density at radius 2 is 2.06 bits per heavy atom. The molecule has 1 aromatic carbocycles. The maximum Gasteiger partial charge on any atom is 0.269 e. The number of aliphatic hydroxyl groups is 1. The maximum absolute atomic E-state index is 10.5. The summed E-state index contributed by atoms with van der Waals surface area (Å²) < 4.78 is 0. The molecule has 0 amide bonds. The molecule has 1 aromatic heterocycles. The Bertz CT molecular complexity index is 522. The van der Waals surface area contributed by atoms with Crippen molar-refractivity contribution in [3.8, 4) is 0 Å². The number of rotatable bonds is 4. The first kappa shape index (κ1) is 11.7. The molecular weight excluding hydrogens is 240 g/mol. The first-order chi connectivity index (χ1) is 8.19. The van der Waals surface area contributed by atoms with Crippen molar-refractivity contribution in [1.82, 2.24) is 4.98 Å². The fraction of sp³-hybridized carbons (Fsp3) is 0.182. The number of nitrogens with zero attached hydrogens (tertiary/aromatic N) is 2. The number of thiazole rings is 1. The molecule has 0 saturated carbocycles. The minimum absolute atomic E-state index is 0.0588. The summed E-state index contributed by atoms with van der Waals surface area (Å²) in [4.78, 5) is 14.3. The van der Waals surface area contributed by atoms with Crippen LogP contribution in [0.2, 0.25) is 0 Å². The highest BCUT2D eigenvalue weighted by Gasteiger charge is 2.06. The van der Waals surface area contributed by atoms with E-state index in [0.717, 1.165) is 10.6 Å². The lowest BCUT2D eigenvalue weighted by Gasteiger charge is -1.97. The van der Waals surface area contributed by atoms with Crippen molar-refractivity contribution in [2.75, 3.05) is 0 Å². The van der Waals surface area contributed by atoms with Crippen LogP contribution in [0.1, 0.15) is 16.3 Å². The van der Waals surface area contributed by atoms with Gasteiger partial charge in [-0.25, -0.2) is 4.98 Å². The predicted molar refractivity (Wildman–Crippen MR) is 63.9 cm³/mol. The Morgan fingerprint density at radius 1 is 1.35 bits per heavy atom. The molecule has 0 unspecified atom stereocenters. The number of hydrogen-bond donors (Lipinski definition) is 1. The molecule has 0 aliphatic heterocycles. The zero-order chi connectivity index (χ0) is 12.3. The number of nitro groups is 1. The van der Waals surface area contributed by atoms with Crippen molar-refractivity contribution in [1.29, 1.82) is 0 Å². The SMILES string of the molecule is O=[N+]([O-])c1ccc(Cc2nc(CO)cs2)cc1. The average Bonchev–Trinajstić information content (AvgIpc) is 2.77. The summed E-state index contributed by atoms with van der Waals surface area (Å²) in [7, 11) is 0. The smallest absolute Gasteiger partial charge is 0.269 e. The highest BCUT2D eigenvalue weighted by atomic mass is 32.1. The largest absolute Gasteiger partial charge is 0.390 e. The fourth-order valence-corrected chi connectivity index (χ4v) is 2.23. The minimum Gasteiger partial charge on any atom is -0.390 e. The van der Waals surface area contributed by atoms with Crippen molar-refractivity contribution in [3.63, 3.8) is 0 Å². The van der Waals surface area contributed by atoms with E-state index in [-0.39, 0.29) is 12.3 Å². The van der Waals surface area contributed by atoms with Crippen molar-refractivity contribution in [2.24, 2.45) is 0 Å². The quantitative estimate of drug-likeness (QED) is 0.666. The van der Waals surface area contributed by atoms with E-state index in [1.807, 2.05) is 0 Å². The second-order valence-electron chi connectivity index (χ2n) is 3.49. The molecular formula is C11H10N2O3S. The number of aliphatic hydroxyl groups excluding tert-OH is 1. The summed E-state index contributed by atoms with van der Waals surface area (Å²) in [5, 5.41) is 22.1. The number of aromatic nitrogens is 1. The fourth-order valence-electron chi connectivity index (χ4n) is 1.41. The zero-order valence-electron chi connectivity index (χ0n) is 8.87. The van der Waals surface area contributed by atoms with Gasteiger partial charge in [-0.1, -0.05) is 12.1 Å². The van der Waals surface area contributed by atoms with E-state index >= 15 is 0 Å². The van der Waals surface area contributed by atoms with Crippen LogP contribution in [0.25, 0.3) is 0 Å². The summed E-state index contributed by atoms with van der Waals surface area (Å²) in [5.74, 6) is 0. The lowest BCUT2D eigenvalue weighted by atomic mass is 10.1. The highest BCUT2D eigenvalue weighted by molar-refractivity contribution is 7.09. The van der Waals surface area contributed by atoms with Crippen LogP contribution >= 0.6 is 11.3 Å². The van der Waals surface area contributed by atoms with E-state index in [4.69, 9.17) is 5.11 Å². The first-order valence-electron chi connectivity index (χ1n) is 4.96. The number of benzene rings is 1. The Labute approximate surface area is 102 Å². The van der Waals surface area contributed by atoms with E-state index in [0.29, 0.717) is 12.1 Å². The van der Waals surface area contributed by atoms with Gasteiger partial charge in [0.05, 0.1) is 22.2 Å². The summed E-state index contributed by atoms with van der Waals surface area (Å²) >= 11 is 1.47. The monoisotopic (exact) mass is 250 g/mol. The second-order valence-corrected chi connectivity index (χ2v) is 4.43. The molecule has 0 fully saturated rings. The maximum atomic E-state index is 10.5. The third kappa shape index (κ3) is 2.86. The van der Waals surface area contributed by atoms with Crippen LogP contribution in [0, 0.1) is 10.1 Å². The molecule has 5 nitrogen and oxygen atoms in total. The van der Waals surface area contributed by atoms with Gasteiger partial charge in [-0.05, 0) is 5.56 Å². The molecule has 17 heavy (non-hydrogen) atoms. The Hall–Kier alpha value is -1.79. The van der Waals surface area contributed by atoms with Gasteiger partial charge in [0, 0.05) is 23.9 Å². The van der Waals surface area contributed by atoms with Gasteiger partial charge in [0.15, 0.2) is 0 Å². The third-order valence-electron chi connectivity index (χ3n) is 2.26. The van der Waals surface area contributed by atoms with Crippen LogP contribution in [0.3, 0.4) is 0 Å². The van der Waals surface area contributed by atoms with Crippen molar-refractivity contribution < 1.29 is 10.0 Å². The lowest BCUT2D eigenvalue weighted by molar-refractivity contribution is -0.384. The molecule has 2 aromatic rings. The van der Waals surface area contributed by atoms with E-state index in [1.54, 1.807) is 17.5 Å². The molecule has 0 aliphatic carbocycles. The molecule has 88 valence electrons. The van der Waals surface area contributed by atoms with E-state index in [2.05, 4.69) is 4.98 Å². The van der Waals surface area contributed by atoms with Gasteiger partial charge in [0.1, 0.15) is 0 Å². The normalized spacial score (nSPS) is 10.4. The third-order valence-corrected chi connectivity index (χ3v) is 3.16. The molecule has 0 atom stereocenters. The van der Waals surface area contributed by atoms with Crippen LogP contribution < -0.4 is 0 Å². The van der Waals surface area contributed by atoms with Crippen LogP contribution in [0.4, 0.5) is 5.69 Å². The number of hydrogen-bond acceptors (Lipinski definition) is 5. The Balaban J connectivity index is 2.10. The first-order valence-corrected chi connectivity index (χ1v) is 5.84. The molecule has 0 spiro atoms. The van der Waals surface area contributed by atoms with Crippen LogP contribution in [0.5, 0.6) is 0 Å². The molecule has 0 aliphatic rings. The molecule has 1 heterocycles. The number of nitro benzene ring substituents is 1. The average molecular weight is 250 g/mol. The lowest BCUT2D eigenvalue weighted by Crippen LogP contribution is -1.91. The number of non-ortho nitro benzene ring substituents is 1. The summed E-state index contributed by atoms with van der Waals surface area (Å²) in [6.07, 6.45) is 0.628. The van der Waals surface area contributed by atoms with E-state index in [1.165, 1.54) is 23.5 Å². The highest BCUT2D eigenvalue weighted by Crippen LogP contribution is 2.17. The van der Waals surface area contributed by atoms with E-state index in [9.17, 15) is 10.1 Å². The van der Waals surface area contributed by atoms with Crippen molar-refractivity contribution in [2.45, 2.75) is 13.0 Å². The van der Waals surface area contributed by atoms with Gasteiger partial charge >= 0.3 is 0 Å². The van der Waals surface area contributed by atoms with Gasteiger partial charge in [-0.3, -0.25) is 10.1 Å². The van der Waals surface area contributed by atoms with Crippen LogP contribution in [0.15, 0.2) is 29.6 Å². The molecule has 0 bridgehead atoms. The van der Waals surface area contributed by atoms with Crippen LogP contribution in [-0.4, -0.2) is 15.0 Å². The molecule has 1 N–H and O–H groups in total. The van der Waals surface area contributed by atoms with Crippen LogP contribution in [-0.2, 0) is 13.0 Å². The topological polar surface area (TPSA) is 76.3 Å². The predicted octanol–water partition coefficient (Wildman–Crippen LogP) is 2.13. The van der Waals surface area contributed by atoms with Crippen molar-refractivity contribution in [3.05, 3.63) is 56.0 Å². The molecule has 6 heteroatoms. The zero-order valence-corrected chi connectivity index (χ0v) is 9.68. The molecule has 2 rings (SSSR count). The summed E-state index contributed by atoms with van der Waals surface area (Å²) in [6, 6.07) is 6.40. The van der Waals surface area contributed by atoms with Gasteiger partial charge in [0.2, 0.25) is 0 Å². The molecule has 0 radical (unpaired) electrons. The second kappa shape index (κ2) is 5.03. The van der Waals surface area contributed by atoms with Crippen molar-refractivity contribution >= 4 is 17.0 Å². The summed E-state index contributed by atoms with van der Waals surface area (Å²) in [5.41, 5.74) is 1.71. The minimum atomic E-state index is -0.420. The van der Waals surface area contributed by atoms with Gasteiger partial charge in [-0.2, -0.15) is 0 Å². The van der Waals surface area contributed by atoms with E-state index < -0.39 is 4.92 Å². The van der Waals surface area contributed by atoms with Gasteiger partial charge in [-0.15, -0.1) is 11.3 Å². The van der Waals surface area contributed by atoms with Gasteiger partial charge < -0.3 is 5.11 Å².